The van der Waals surface area contributed by atoms with Gasteiger partial charge in [-0.15, -0.1) is 0 Å². The van der Waals surface area contributed by atoms with Crippen molar-refractivity contribution >= 4 is 46.8 Å². The van der Waals surface area contributed by atoms with Crippen LogP contribution in [0.2, 0.25) is 10.0 Å². The number of rotatable bonds is 4. The number of hydrogen-bond donors (Lipinski definition) is 2. The number of anilines is 1. The van der Waals surface area contributed by atoms with Crippen molar-refractivity contribution < 1.29 is 19.1 Å². The maximum atomic E-state index is 11.9. The zero-order chi connectivity index (χ0) is 19.3. The zero-order valence-electron chi connectivity index (χ0n) is 14.1. The Bertz CT molecular complexity index is 868. The third kappa shape index (κ3) is 5.21. The number of amides is 3. The molecule has 0 atom stereocenters. The molecule has 0 bridgehead atoms. The fraction of sp³-hybridized carbons (Fsp3) is 0.167. The van der Waals surface area contributed by atoms with Gasteiger partial charge >= 0.3 is 12.0 Å². The monoisotopic (exact) mass is 394 g/mol. The Morgan fingerprint density at radius 2 is 1.81 bits per heavy atom. The first-order valence-corrected chi connectivity index (χ1v) is 8.32. The molecule has 0 aliphatic heterocycles. The van der Waals surface area contributed by atoms with Crippen molar-refractivity contribution in [3.63, 3.8) is 0 Å². The molecule has 0 radical (unpaired) electrons. The number of imide groups is 1. The molecule has 0 spiro atoms. The molecule has 2 rings (SSSR count). The van der Waals surface area contributed by atoms with Gasteiger partial charge in [-0.3, -0.25) is 10.1 Å². The lowest BCUT2D eigenvalue weighted by molar-refractivity contribution is -0.123. The Hall–Kier alpha value is -2.57. The largest absolute Gasteiger partial charge is 0.452 e. The summed E-state index contributed by atoms with van der Waals surface area (Å²) >= 11 is 11.7. The molecule has 3 amide bonds. The SMILES string of the molecule is Cc1ccc(NC(=O)NC(=O)COC(=O)c2cccc(Cl)c2Cl)c(C)c1. The van der Waals surface area contributed by atoms with E-state index in [1.165, 1.54) is 18.2 Å². The van der Waals surface area contributed by atoms with Gasteiger partial charge in [-0.05, 0) is 37.6 Å². The molecule has 0 unspecified atom stereocenters. The number of hydrogen-bond acceptors (Lipinski definition) is 4. The molecule has 0 heterocycles. The van der Waals surface area contributed by atoms with Gasteiger partial charge in [-0.25, -0.2) is 9.59 Å². The number of halogens is 2. The van der Waals surface area contributed by atoms with E-state index in [1.54, 1.807) is 6.07 Å². The highest BCUT2D eigenvalue weighted by Crippen LogP contribution is 2.25. The summed E-state index contributed by atoms with van der Waals surface area (Å²) in [6, 6.07) is 9.21. The lowest BCUT2D eigenvalue weighted by atomic mass is 10.1. The fourth-order valence-corrected chi connectivity index (χ4v) is 2.52. The molecule has 2 aromatic rings. The van der Waals surface area contributed by atoms with Crippen LogP contribution in [0.25, 0.3) is 0 Å². The minimum atomic E-state index is -0.817. The van der Waals surface area contributed by atoms with E-state index in [0.29, 0.717) is 5.69 Å². The average molecular weight is 395 g/mol. The summed E-state index contributed by atoms with van der Waals surface area (Å²) in [6.45, 7) is 3.13. The average Bonchev–Trinajstić information content (AvgIpc) is 2.57. The van der Waals surface area contributed by atoms with E-state index in [1.807, 2.05) is 26.0 Å². The van der Waals surface area contributed by atoms with E-state index in [0.717, 1.165) is 11.1 Å². The number of urea groups is 1. The van der Waals surface area contributed by atoms with Crippen LogP contribution in [0.3, 0.4) is 0 Å². The van der Waals surface area contributed by atoms with Gasteiger partial charge in [0.2, 0.25) is 0 Å². The smallest absolute Gasteiger partial charge is 0.340 e. The minimum Gasteiger partial charge on any atom is -0.452 e. The van der Waals surface area contributed by atoms with Crippen LogP contribution in [0.15, 0.2) is 36.4 Å². The summed E-state index contributed by atoms with van der Waals surface area (Å²) in [4.78, 5) is 35.5. The van der Waals surface area contributed by atoms with Gasteiger partial charge in [0.05, 0.1) is 15.6 Å². The van der Waals surface area contributed by atoms with Crippen molar-refractivity contribution in [2.45, 2.75) is 13.8 Å². The maximum Gasteiger partial charge on any atom is 0.340 e. The van der Waals surface area contributed by atoms with Crippen LogP contribution in [0.1, 0.15) is 21.5 Å². The van der Waals surface area contributed by atoms with Crippen LogP contribution >= 0.6 is 23.2 Å². The van der Waals surface area contributed by atoms with E-state index in [-0.39, 0.29) is 15.6 Å². The molecule has 6 nitrogen and oxygen atoms in total. The highest BCUT2D eigenvalue weighted by atomic mass is 35.5. The molecule has 136 valence electrons. The van der Waals surface area contributed by atoms with Crippen LogP contribution in [0.5, 0.6) is 0 Å². The fourth-order valence-electron chi connectivity index (χ4n) is 2.14. The summed E-state index contributed by atoms with van der Waals surface area (Å²) in [5.41, 5.74) is 2.51. The molecule has 0 aliphatic carbocycles. The topological polar surface area (TPSA) is 84.5 Å². The second kappa shape index (κ2) is 8.69. The molecule has 26 heavy (non-hydrogen) atoms. The van der Waals surface area contributed by atoms with Crippen molar-refractivity contribution in [1.29, 1.82) is 0 Å². The summed E-state index contributed by atoms with van der Waals surface area (Å²) in [5, 5.41) is 4.86. The molecule has 0 aliphatic rings. The Morgan fingerprint density at radius 1 is 1.08 bits per heavy atom. The summed E-state index contributed by atoms with van der Waals surface area (Å²) in [6.07, 6.45) is 0. The van der Waals surface area contributed by atoms with E-state index < -0.39 is 24.5 Å². The van der Waals surface area contributed by atoms with Crippen LogP contribution in [0, 0.1) is 13.8 Å². The van der Waals surface area contributed by atoms with Crippen LogP contribution in [-0.4, -0.2) is 24.5 Å². The summed E-state index contributed by atoms with van der Waals surface area (Å²) in [7, 11) is 0. The molecule has 0 saturated heterocycles. The highest BCUT2D eigenvalue weighted by molar-refractivity contribution is 6.43. The van der Waals surface area contributed by atoms with Crippen molar-refractivity contribution in [2.75, 3.05) is 11.9 Å². The van der Waals surface area contributed by atoms with Gasteiger partial charge in [0.25, 0.3) is 5.91 Å². The van der Waals surface area contributed by atoms with E-state index >= 15 is 0 Å². The predicted molar refractivity (Wildman–Crippen MR) is 99.8 cm³/mol. The summed E-state index contributed by atoms with van der Waals surface area (Å²) < 4.78 is 4.84. The van der Waals surface area contributed by atoms with Crippen molar-refractivity contribution in [2.24, 2.45) is 0 Å². The lowest BCUT2D eigenvalue weighted by Gasteiger charge is -2.10. The molecule has 0 saturated carbocycles. The first-order chi connectivity index (χ1) is 12.3. The number of aryl methyl sites for hydroxylation is 2. The van der Waals surface area contributed by atoms with Gasteiger partial charge in [0.1, 0.15) is 0 Å². The number of carbonyl (C=O) groups excluding carboxylic acids is 3. The molecule has 2 aromatic carbocycles. The highest BCUT2D eigenvalue weighted by Gasteiger charge is 2.16. The van der Waals surface area contributed by atoms with Crippen LogP contribution in [0.4, 0.5) is 10.5 Å². The first-order valence-electron chi connectivity index (χ1n) is 7.57. The van der Waals surface area contributed by atoms with Gasteiger partial charge in [-0.2, -0.15) is 0 Å². The molecular formula is C18H16Cl2N2O4. The van der Waals surface area contributed by atoms with E-state index in [2.05, 4.69) is 10.6 Å². The molecule has 0 aromatic heterocycles. The molecule has 2 N–H and O–H groups in total. The number of ether oxygens (including phenoxy) is 1. The Kier molecular flexibility index (Phi) is 6.60. The molecule has 8 heteroatoms. The summed E-state index contributed by atoms with van der Waals surface area (Å²) in [5.74, 6) is -1.60. The zero-order valence-corrected chi connectivity index (χ0v) is 15.6. The number of esters is 1. The number of nitrogens with one attached hydrogen (secondary N) is 2. The van der Waals surface area contributed by atoms with Gasteiger partial charge in [0.15, 0.2) is 6.61 Å². The van der Waals surface area contributed by atoms with Gasteiger partial charge in [-0.1, -0.05) is 47.0 Å². The van der Waals surface area contributed by atoms with E-state index in [9.17, 15) is 14.4 Å². The standard InChI is InChI=1S/C18H16Cl2N2O4/c1-10-6-7-14(11(2)8-10)21-18(25)22-15(23)9-26-17(24)12-4-3-5-13(19)16(12)20/h3-8H,9H2,1-2H3,(H2,21,22,23,25). The Balaban J connectivity index is 1.87. The van der Waals surface area contributed by atoms with Gasteiger partial charge < -0.3 is 10.1 Å². The third-order valence-electron chi connectivity index (χ3n) is 3.39. The van der Waals surface area contributed by atoms with E-state index in [4.69, 9.17) is 27.9 Å². The third-order valence-corrected chi connectivity index (χ3v) is 4.21. The molecule has 0 fully saturated rings. The van der Waals surface area contributed by atoms with Crippen molar-refractivity contribution in [1.82, 2.24) is 5.32 Å². The van der Waals surface area contributed by atoms with Crippen LogP contribution in [-0.2, 0) is 9.53 Å². The number of carbonyl (C=O) groups is 3. The molecular weight excluding hydrogens is 379 g/mol. The lowest BCUT2D eigenvalue weighted by Crippen LogP contribution is -2.37. The Morgan fingerprint density at radius 3 is 2.50 bits per heavy atom. The quantitative estimate of drug-likeness (QED) is 0.763. The normalized spacial score (nSPS) is 10.2. The predicted octanol–water partition coefficient (Wildman–Crippen LogP) is 4.12. The Labute approximate surface area is 160 Å². The second-order valence-electron chi connectivity index (χ2n) is 5.50. The first kappa shape index (κ1) is 19.8. The maximum absolute atomic E-state index is 11.9. The van der Waals surface area contributed by atoms with Crippen molar-refractivity contribution in [3.05, 3.63) is 63.1 Å². The number of benzene rings is 2. The van der Waals surface area contributed by atoms with Crippen molar-refractivity contribution in [3.8, 4) is 0 Å². The minimum absolute atomic E-state index is 0.0340. The van der Waals surface area contributed by atoms with Crippen LogP contribution < -0.4 is 10.6 Å². The van der Waals surface area contributed by atoms with Gasteiger partial charge in [0, 0.05) is 5.69 Å². The second-order valence-corrected chi connectivity index (χ2v) is 6.28.